The Bertz CT molecular complexity index is 779. The van der Waals surface area contributed by atoms with Crippen LogP contribution in [-0.4, -0.2) is 31.6 Å². The fourth-order valence-electron chi connectivity index (χ4n) is 3.13. The summed E-state index contributed by atoms with van der Waals surface area (Å²) in [6.45, 7) is 4.13. The van der Waals surface area contributed by atoms with Gasteiger partial charge in [-0.25, -0.2) is 9.97 Å². The second-order valence-corrected chi connectivity index (χ2v) is 6.84. The SMILES string of the molecule is Cc1ncsc1CN1CCC[C@H]1c1nc(-c2ccccc2)n[nH]1. The second-order valence-electron chi connectivity index (χ2n) is 5.90. The number of aromatic nitrogens is 4. The molecule has 5 nitrogen and oxygen atoms in total. The first kappa shape index (κ1) is 14.5. The molecule has 0 radical (unpaired) electrons. The number of likely N-dealkylation sites (tertiary alicyclic amines) is 1. The van der Waals surface area contributed by atoms with E-state index in [0.29, 0.717) is 6.04 Å². The first-order valence-corrected chi connectivity index (χ1v) is 8.80. The normalized spacial score (nSPS) is 18.6. The van der Waals surface area contributed by atoms with E-state index in [4.69, 9.17) is 4.98 Å². The van der Waals surface area contributed by atoms with Crippen LogP contribution in [0, 0.1) is 6.92 Å². The molecule has 1 atom stereocenters. The van der Waals surface area contributed by atoms with Crippen LogP contribution in [0.25, 0.3) is 11.4 Å². The minimum atomic E-state index is 0.321. The van der Waals surface area contributed by atoms with Crippen LogP contribution in [-0.2, 0) is 6.54 Å². The number of rotatable bonds is 4. The Hall–Kier alpha value is -2.05. The topological polar surface area (TPSA) is 57.7 Å². The zero-order valence-corrected chi connectivity index (χ0v) is 13.9. The van der Waals surface area contributed by atoms with Crippen molar-refractivity contribution in [2.45, 2.75) is 32.4 Å². The summed E-state index contributed by atoms with van der Waals surface area (Å²) >= 11 is 1.74. The van der Waals surface area contributed by atoms with Gasteiger partial charge in [-0.15, -0.1) is 11.3 Å². The molecule has 4 rings (SSSR count). The monoisotopic (exact) mass is 325 g/mol. The highest BCUT2D eigenvalue weighted by atomic mass is 32.1. The van der Waals surface area contributed by atoms with Gasteiger partial charge in [-0.2, -0.15) is 5.10 Å². The average molecular weight is 325 g/mol. The molecule has 0 unspecified atom stereocenters. The smallest absolute Gasteiger partial charge is 0.181 e. The number of H-pyrrole nitrogens is 1. The highest BCUT2D eigenvalue weighted by Gasteiger charge is 2.29. The lowest BCUT2D eigenvalue weighted by Crippen LogP contribution is -2.23. The summed E-state index contributed by atoms with van der Waals surface area (Å²) in [6, 6.07) is 10.4. The molecule has 2 aromatic heterocycles. The summed E-state index contributed by atoms with van der Waals surface area (Å²) < 4.78 is 0. The molecule has 0 aliphatic carbocycles. The molecule has 1 saturated heterocycles. The maximum Gasteiger partial charge on any atom is 0.181 e. The standard InChI is InChI=1S/C17H19N5S/c1-12-15(23-11-18-12)10-22-9-5-8-14(22)17-19-16(20-21-17)13-6-3-2-4-7-13/h2-4,6-7,11,14H,5,8-10H2,1H3,(H,19,20,21)/t14-/m0/s1. The van der Waals surface area contributed by atoms with E-state index in [0.717, 1.165) is 42.4 Å². The summed E-state index contributed by atoms with van der Waals surface area (Å²) in [5.74, 6) is 1.75. The molecule has 6 heteroatoms. The van der Waals surface area contributed by atoms with Crippen LogP contribution in [0.3, 0.4) is 0 Å². The third-order valence-corrected chi connectivity index (χ3v) is 5.33. The molecule has 3 aromatic rings. The van der Waals surface area contributed by atoms with E-state index in [1.54, 1.807) is 11.3 Å². The van der Waals surface area contributed by atoms with E-state index >= 15 is 0 Å². The first-order chi connectivity index (χ1) is 11.3. The minimum absolute atomic E-state index is 0.321. The zero-order valence-electron chi connectivity index (χ0n) is 13.1. The molecule has 1 aliphatic heterocycles. The van der Waals surface area contributed by atoms with Crippen LogP contribution >= 0.6 is 11.3 Å². The third kappa shape index (κ3) is 2.92. The number of benzene rings is 1. The van der Waals surface area contributed by atoms with E-state index < -0.39 is 0 Å². The van der Waals surface area contributed by atoms with Gasteiger partial charge < -0.3 is 0 Å². The molecule has 3 heterocycles. The lowest BCUT2D eigenvalue weighted by atomic mass is 10.2. The van der Waals surface area contributed by atoms with Gasteiger partial charge in [0.15, 0.2) is 5.82 Å². The van der Waals surface area contributed by atoms with E-state index in [-0.39, 0.29) is 0 Å². The van der Waals surface area contributed by atoms with Gasteiger partial charge in [-0.3, -0.25) is 10.00 Å². The summed E-state index contributed by atoms with van der Waals surface area (Å²) in [4.78, 5) is 12.9. The van der Waals surface area contributed by atoms with Gasteiger partial charge in [0, 0.05) is 17.0 Å². The Labute approximate surface area is 139 Å². The van der Waals surface area contributed by atoms with Crippen LogP contribution in [0.1, 0.15) is 35.3 Å². The number of nitrogens with one attached hydrogen (secondary N) is 1. The maximum absolute atomic E-state index is 4.74. The van der Waals surface area contributed by atoms with Gasteiger partial charge in [-0.05, 0) is 26.3 Å². The number of aryl methyl sites for hydroxylation is 1. The van der Waals surface area contributed by atoms with E-state index in [9.17, 15) is 0 Å². The van der Waals surface area contributed by atoms with Crippen molar-refractivity contribution in [2.24, 2.45) is 0 Å². The molecule has 1 aromatic carbocycles. The lowest BCUT2D eigenvalue weighted by Gasteiger charge is -2.21. The highest BCUT2D eigenvalue weighted by Crippen LogP contribution is 2.33. The number of hydrogen-bond acceptors (Lipinski definition) is 5. The van der Waals surface area contributed by atoms with Gasteiger partial charge in [0.05, 0.1) is 17.2 Å². The van der Waals surface area contributed by atoms with Crippen molar-refractivity contribution in [1.29, 1.82) is 0 Å². The summed E-state index contributed by atoms with van der Waals surface area (Å²) in [5.41, 5.74) is 4.12. The Kier molecular flexibility index (Phi) is 3.93. The highest BCUT2D eigenvalue weighted by molar-refractivity contribution is 7.09. The van der Waals surface area contributed by atoms with E-state index in [1.165, 1.54) is 11.3 Å². The number of hydrogen-bond donors (Lipinski definition) is 1. The summed E-state index contributed by atoms with van der Waals surface area (Å²) in [6.07, 6.45) is 2.32. The Morgan fingerprint density at radius 2 is 2.17 bits per heavy atom. The van der Waals surface area contributed by atoms with Gasteiger partial charge in [0.25, 0.3) is 0 Å². The van der Waals surface area contributed by atoms with Crippen molar-refractivity contribution < 1.29 is 0 Å². The van der Waals surface area contributed by atoms with Crippen molar-refractivity contribution in [3.8, 4) is 11.4 Å². The largest absolute Gasteiger partial charge is 0.288 e. The molecule has 1 aliphatic rings. The minimum Gasteiger partial charge on any atom is -0.288 e. The third-order valence-electron chi connectivity index (χ3n) is 4.41. The van der Waals surface area contributed by atoms with Crippen molar-refractivity contribution in [2.75, 3.05) is 6.54 Å². The fraction of sp³-hybridized carbons (Fsp3) is 0.353. The summed E-state index contributed by atoms with van der Waals surface area (Å²) in [7, 11) is 0. The molecular formula is C17H19N5S. The van der Waals surface area contributed by atoms with Crippen LogP contribution in [0.2, 0.25) is 0 Å². The fourth-order valence-corrected chi connectivity index (χ4v) is 3.93. The molecule has 0 amide bonds. The van der Waals surface area contributed by atoms with Crippen LogP contribution in [0.4, 0.5) is 0 Å². The van der Waals surface area contributed by atoms with Crippen molar-refractivity contribution in [3.63, 3.8) is 0 Å². The summed E-state index contributed by atoms with van der Waals surface area (Å²) in [5, 5.41) is 7.56. The predicted molar refractivity (Wildman–Crippen MR) is 91.1 cm³/mol. The lowest BCUT2D eigenvalue weighted by molar-refractivity contribution is 0.242. The van der Waals surface area contributed by atoms with Gasteiger partial charge in [-0.1, -0.05) is 30.3 Å². The van der Waals surface area contributed by atoms with Gasteiger partial charge >= 0.3 is 0 Å². The zero-order chi connectivity index (χ0) is 15.6. The number of nitrogens with zero attached hydrogens (tertiary/aromatic N) is 4. The molecule has 1 N–H and O–H groups in total. The average Bonchev–Trinajstić information content (AvgIpc) is 3.30. The van der Waals surface area contributed by atoms with Gasteiger partial charge in [0.2, 0.25) is 0 Å². The second kappa shape index (κ2) is 6.22. The van der Waals surface area contributed by atoms with Crippen molar-refractivity contribution in [3.05, 3.63) is 52.2 Å². The number of aromatic amines is 1. The van der Waals surface area contributed by atoms with E-state index in [1.807, 2.05) is 35.8 Å². The molecule has 118 valence electrons. The quantitative estimate of drug-likeness (QED) is 0.796. The Balaban J connectivity index is 1.55. The van der Waals surface area contributed by atoms with Crippen molar-refractivity contribution in [1.82, 2.24) is 25.1 Å². The molecule has 0 spiro atoms. The van der Waals surface area contributed by atoms with Crippen molar-refractivity contribution >= 4 is 11.3 Å². The van der Waals surface area contributed by atoms with E-state index in [2.05, 4.69) is 27.0 Å². The molecule has 1 fully saturated rings. The van der Waals surface area contributed by atoms with Crippen LogP contribution in [0.5, 0.6) is 0 Å². The molecule has 0 saturated carbocycles. The molecule has 0 bridgehead atoms. The van der Waals surface area contributed by atoms with Crippen LogP contribution in [0.15, 0.2) is 35.8 Å². The number of thiazole rings is 1. The molecule has 23 heavy (non-hydrogen) atoms. The Morgan fingerprint density at radius 1 is 1.30 bits per heavy atom. The predicted octanol–water partition coefficient (Wildman–Crippen LogP) is 3.57. The first-order valence-electron chi connectivity index (χ1n) is 7.92. The molecular weight excluding hydrogens is 306 g/mol. The van der Waals surface area contributed by atoms with Crippen LogP contribution < -0.4 is 0 Å². The van der Waals surface area contributed by atoms with Gasteiger partial charge in [0.1, 0.15) is 5.82 Å². The Morgan fingerprint density at radius 3 is 2.96 bits per heavy atom. The maximum atomic E-state index is 4.74.